The first-order valence-electron chi connectivity index (χ1n) is 9.60. The minimum Gasteiger partial charge on any atom is -0.365 e. The summed E-state index contributed by atoms with van der Waals surface area (Å²) in [5.74, 6) is 7.06. The van der Waals surface area contributed by atoms with E-state index in [1.165, 1.54) is 23.5 Å². The summed E-state index contributed by atoms with van der Waals surface area (Å²) in [7, 11) is -3.76. The molecule has 1 aromatic carbocycles. The molecule has 4 rings (SSSR count). The predicted molar refractivity (Wildman–Crippen MR) is 126 cm³/mol. The number of nitrogens with two attached hydrogens (primary N) is 1. The Morgan fingerprint density at radius 3 is 2.61 bits per heavy atom. The highest BCUT2D eigenvalue weighted by atomic mass is 32.2. The first-order chi connectivity index (χ1) is 14.6. The molecule has 31 heavy (non-hydrogen) atoms. The summed E-state index contributed by atoms with van der Waals surface area (Å²) < 4.78 is 25.1. The van der Waals surface area contributed by atoms with Gasteiger partial charge in [-0.05, 0) is 63.2 Å². The maximum absolute atomic E-state index is 11.5. The molecule has 0 amide bonds. The molecule has 0 aliphatic rings. The van der Waals surface area contributed by atoms with Crippen LogP contribution in [0.1, 0.15) is 31.2 Å². The van der Waals surface area contributed by atoms with Crippen LogP contribution >= 0.6 is 11.3 Å². The fourth-order valence-electron chi connectivity index (χ4n) is 3.06. The summed E-state index contributed by atoms with van der Waals surface area (Å²) in [6.45, 7) is 6.33. The van der Waals surface area contributed by atoms with Gasteiger partial charge in [-0.15, -0.1) is 11.3 Å². The van der Waals surface area contributed by atoms with Gasteiger partial charge in [-0.2, -0.15) is 0 Å². The lowest BCUT2D eigenvalue weighted by Crippen LogP contribution is -2.27. The van der Waals surface area contributed by atoms with Crippen LogP contribution in [0.15, 0.2) is 65.7 Å². The number of hydrogen-bond donors (Lipinski definition) is 2. The number of rotatable bonds is 3. The summed E-state index contributed by atoms with van der Waals surface area (Å²) >= 11 is 1.54. The number of imidazole rings is 1. The summed E-state index contributed by atoms with van der Waals surface area (Å²) in [5, 5.41) is 8.76. The van der Waals surface area contributed by atoms with Crippen molar-refractivity contribution in [3.8, 4) is 22.4 Å². The zero-order valence-electron chi connectivity index (χ0n) is 17.4. The van der Waals surface area contributed by atoms with E-state index in [-0.39, 0.29) is 10.4 Å². The fourth-order valence-corrected chi connectivity index (χ4v) is 4.47. The Morgan fingerprint density at radius 1 is 1.06 bits per heavy atom. The number of anilines is 1. The van der Waals surface area contributed by atoms with E-state index >= 15 is 0 Å². The van der Waals surface area contributed by atoms with Gasteiger partial charge < -0.3 is 5.32 Å². The van der Waals surface area contributed by atoms with Crippen molar-refractivity contribution in [2.75, 3.05) is 5.32 Å². The van der Waals surface area contributed by atoms with Gasteiger partial charge in [-0.3, -0.25) is 4.40 Å². The molecule has 3 N–H and O–H groups in total. The monoisotopic (exact) mass is 450 g/mol. The molecule has 4 aromatic rings. The van der Waals surface area contributed by atoms with E-state index in [0.29, 0.717) is 5.56 Å². The van der Waals surface area contributed by atoms with Gasteiger partial charge in [0.05, 0.1) is 14.6 Å². The van der Waals surface area contributed by atoms with Crippen molar-refractivity contribution in [2.45, 2.75) is 31.2 Å². The van der Waals surface area contributed by atoms with Crippen LogP contribution in [0.2, 0.25) is 0 Å². The second-order valence-corrected chi connectivity index (χ2v) is 10.7. The Bertz CT molecular complexity index is 1430. The number of primary sulfonamides is 1. The van der Waals surface area contributed by atoms with Crippen LogP contribution < -0.4 is 10.5 Å². The summed E-state index contributed by atoms with van der Waals surface area (Å²) in [4.78, 5) is 6.72. The SMILES string of the molecule is CC(C)(C)Nc1c(-c2ccc(C#Cc3cccc(S(N)(=O)=O)c3)s2)nc2ccccn12. The number of benzene rings is 1. The van der Waals surface area contributed by atoms with Gasteiger partial charge in [-0.1, -0.05) is 24.0 Å². The molecule has 0 bridgehead atoms. The van der Waals surface area contributed by atoms with Crippen molar-refractivity contribution in [1.29, 1.82) is 0 Å². The zero-order valence-corrected chi connectivity index (χ0v) is 19.0. The topological polar surface area (TPSA) is 89.5 Å². The first-order valence-corrected chi connectivity index (χ1v) is 12.0. The largest absolute Gasteiger partial charge is 0.365 e. The number of nitrogens with one attached hydrogen (secondary N) is 1. The number of fused-ring (bicyclic) bond motifs is 1. The van der Waals surface area contributed by atoms with Crippen LogP contribution in [0.4, 0.5) is 5.82 Å². The number of pyridine rings is 1. The number of hydrogen-bond acceptors (Lipinski definition) is 5. The van der Waals surface area contributed by atoms with E-state index in [1.807, 2.05) is 40.9 Å². The molecule has 0 aliphatic heterocycles. The maximum atomic E-state index is 11.5. The van der Waals surface area contributed by atoms with Crippen LogP contribution in [0.3, 0.4) is 0 Å². The molecule has 0 spiro atoms. The van der Waals surface area contributed by atoms with Crippen molar-refractivity contribution in [3.05, 3.63) is 71.2 Å². The summed E-state index contributed by atoms with van der Waals surface area (Å²) in [6, 6.07) is 16.2. The molecule has 0 aliphatic carbocycles. The zero-order chi connectivity index (χ0) is 22.2. The highest BCUT2D eigenvalue weighted by molar-refractivity contribution is 7.89. The second kappa shape index (κ2) is 7.85. The highest BCUT2D eigenvalue weighted by Gasteiger charge is 2.20. The third kappa shape index (κ3) is 4.80. The van der Waals surface area contributed by atoms with Crippen LogP contribution in [0.25, 0.3) is 16.2 Å². The molecular formula is C23H22N4O2S2. The Labute approximate surface area is 185 Å². The summed E-state index contributed by atoms with van der Waals surface area (Å²) in [5.41, 5.74) is 2.19. The molecule has 6 nitrogen and oxygen atoms in total. The van der Waals surface area contributed by atoms with Gasteiger partial charge in [0.15, 0.2) is 0 Å². The first kappa shape index (κ1) is 21.1. The standard InChI is InChI=1S/C23H22N4O2S2/c1-23(2,3)26-22-21(25-20-9-4-5-14-27(20)22)19-13-12-17(30-19)11-10-16-7-6-8-18(15-16)31(24,28)29/h4-9,12-15,26H,1-3H3,(H2,24,28,29). The fraction of sp³-hybridized carbons (Fsp3) is 0.174. The Hall–Kier alpha value is -3.12. The van der Waals surface area contributed by atoms with Gasteiger partial charge in [0.1, 0.15) is 17.2 Å². The lowest BCUT2D eigenvalue weighted by Gasteiger charge is -2.22. The summed E-state index contributed by atoms with van der Waals surface area (Å²) in [6.07, 6.45) is 1.99. The van der Waals surface area contributed by atoms with Gasteiger partial charge in [0, 0.05) is 17.3 Å². The van der Waals surface area contributed by atoms with Gasteiger partial charge in [-0.25, -0.2) is 18.5 Å². The molecule has 158 valence electrons. The van der Waals surface area contributed by atoms with E-state index in [2.05, 4.69) is 37.9 Å². The van der Waals surface area contributed by atoms with E-state index in [9.17, 15) is 8.42 Å². The van der Waals surface area contributed by atoms with Crippen LogP contribution in [0.5, 0.6) is 0 Å². The second-order valence-electron chi connectivity index (χ2n) is 8.10. The van der Waals surface area contributed by atoms with Crippen molar-refractivity contribution < 1.29 is 8.42 Å². The molecule has 0 unspecified atom stereocenters. The van der Waals surface area contributed by atoms with Crippen molar-refractivity contribution in [3.63, 3.8) is 0 Å². The number of aromatic nitrogens is 2. The minimum absolute atomic E-state index is 0.0498. The lowest BCUT2D eigenvalue weighted by molar-refractivity contribution is 0.597. The highest BCUT2D eigenvalue weighted by Crippen LogP contribution is 2.35. The molecule has 3 aromatic heterocycles. The lowest BCUT2D eigenvalue weighted by atomic mass is 10.1. The van der Waals surface area contributed by atoms with Gasteiger partial charge in [0.2, 0.25) is 10.0 Å². The van der Waals surface area contributed by atoms with E-state index in [0.717, 1.165) is 26.9 Å². The predicted octanol–water partition coefficient (Wildman–Crippen LogP) is 4.32. The van der Waals surface area contributed by atoms with Crippen LogP contribution in [0, 0.1) is 11.8 Å². The molecule has 8 heteroatoms. The Morgan fingerprint density at radius 2 is 1.87 bits per heavy atom. The third-order valence-electron chi connectivity index (χ3n) is 4.36. The van der Waals surface area contributed by atoms with Crippen molar-refractivity contribution in [2.24, 2.45) is 5.14 Å². The Balaban J connectivity index is 1.70. The van der Waals surface area contributed by atoms with Gasteiger partial charge in [0.25, 0.3) is 0 Å². The van der Waals surface area contributed by atoms with Crippen molar-refractivity contribution >= 4 is 32.8 Å². The molecule has 3 heterocycles. The number of nitrogens with zero attached hydrogens (tertiary/aromatic N) is 2. The Kier molecular flexibility index (Phi) is 5.35. The van der Waals surface area contributed by atoms with E-state index in [1.54, 1.807) is 12.1 Å². The van der Waals surface area contributed by atoms with E-state index in [4.69, 9.17) is 10.1 Å². The maximum Gasteiger partial charge on any atom is 0.238 e. The average molecular weight is 451 g/mol. The smallest absolute Gasteiger partial charge is 0.238 e. The van der Waals surface area contributed by atoms with Crippen LogP contribution in [-0.4, -0.2) is 23.3 Å². The minimum atomic E-state index is -3.76. The number of sulfonamides is 1. The molecule has 0 saturated carbocycles. The number of thiophene rings is 1. The molecular weight excluding hydrogens is 428 g/mol. The average Bonchev–Trinajstić information content (AvgIpc) is 3.30. The van der Waals surface area contributed by atoms with Crippen molar-refractivity contribution in [1.82, 2.24) is 9.38 Å². The molecule has 0 atom stereocenters. The van der Waals surface area contributed by atoms with Gasteiger partial charge >= 0.3 is 0 Å². The molecule has 0 fully saturated rings. The quantitative estimate of drug-likeness (QED) is 0.455. The van der Waals surface area contributed by atoms with E-state index < -0.39 is 10.0 Å². The normalized spacial score (nSPS) is 11.9. The molecule has 0 radical (unpaired) electrons. The molecule has 0 saturated heterocycles. The third-order valence-corrected chi connectivity index (χ3v) is 6.27. The van der Waals surface area contributed by atoms with Crippen LogP contribution in [-0.2, 0) is 10.0 Å².